The maximum absolute atomic E-state index is 12.9. The molecule has 5 heteroatoms. The van der Waals surface area contributed by atoms with Crippen LogP contribution in [0.1, 0.15) is 23.2 Å². The predicted octanol–water partition coefficient (Wildman–Crippen LogP) is 1.73. The number of likely N-dealkylation sites (tertiary alicyclic amines) is 1. The number of piperidine rings is 1. The van der Waals surface area contributed by atoms with Crippen LogP contribution >= 0.6 is 0 Å². The van der Waals surface area contributed by atoms with Crippen molar-refractivity contribution in [1.82, 2.24) is 4.90 Å². The number of ketones is 1. The van der Waals surface area contributed by atoms with Crippen molar-refractivity contribution in [3.05, 3.63) is 35.6 Å². The van der Waals surface area contributed by atoms with E-state index in [2.05, 4.69) is 4.90 Å². The van der Waals surface area contributed by atoms with Gasteiger partial charge in [0.25, 0.3) is 0 Å². The number of carbonyl (C=O) groups is 1. The van der Waals surface area contributed by atoms with E-state index in [4.69, 9.17) is 4.74 Å². The van der Waals surface area contributed by atoms with Crippen LogP contribution in [-0.2, 0) is 4.74 Å². The Hall–Kier alpha value is -1.30. The first-order valence-corrected chi connectivity index (χ1v) is 7.29. The van der Waals surface area contributed by atoms with Crippen molar-refractivity contribution in [2.24, 2.45) is 5.92 Å². The summed E-state index contributed by atoms with van der Waals surface area (Å²) in [4.78, 5) is 14.5. The largest absolute Gasteiger partial charge is 0.389 e. The average molecular weight is 295 g/mol. The van der Waals surface area contributed by atoms with Crippen LogP contribution in [0.2, 0.25) is 0 Å². The molecule has 1 aromatic carbocycles. The first kappa shape index (κ1) is 16.1. The number of rotatable bonds is 6. The standard InChI is InChI=1S/C16H22FNO3/c1-21-11-15(19)10-18-8-2-3-13(9-18)16(20)12-4-6-14(17)7-5-12/h4-7,13,15,19H,2-3,8-11H2,1H3. The highest BCUT2D eigenvalue weighted by Crippen LogP contribution is 2.21. The van der Waals surface area contributed by atoms with E-state index in [1.165, 1.54) is 24.3 Å². The summed E-state index contributed by atoms with van der Waals surface area (Å²) in [7, 11) is 1.56. The molecule has 0 saturated carbocycles. The number of ether oxygens (including phenoxy) is 1. The number of hydrogen-bond donors (Lipinski definition) is 1. The van der Waals surface area contributed by atoms with E-state index in [1.807, 2.05) is 0 Å². The van der Waals surface area contributed by atoms with Crippen LogP contribution in [0.5, 0.6) is 0 Å². The number of aliphatic hydroxyl groups excluding tert-OH is 1. The summed E-state index contributed by atoms with van der Waals surface area (Å²) in [6.45, 7) is 2.33. The van der Waals surface area contributed by atoms with Crippen molar-refractivity contribution in [3.8, 4) is 0 Å². The number of aliphatic hydroxyl groups is 1. The van der Waals surface area contributed by atoms with Gasteiger partial charge in [-0.3, -0.25) is 9.69 Å². The lowest BCUT2D eigenvalue weighted by atomic mass is 9.90. The molecule has 1 heterocycles. The zero-order chi connectivity index (χ0) is 15.2. The van der Waals surface area contributed by atoms with Crippen molar-refractivity contribution in [3.63, 3.8) is 0 Å². The Morgan fingerprint density at radius 2 is 2.19 bits per heavy atom. The van der Waals surface area contributed by atoms with Gasteiger partial charge in [-0.25, -0.2) is 4.39 Å². The predicted molar refractivity (Wildman–Crippen MR) is 77.8 cm³/mol. The number of benzene rings is 1. The van der Waals surface area contributed by atoms with E-state index in [-0.39, 0.29) is 17.5 Å². The lowest BCUT2D eigenvalue weighted by molar-refractivity contribution is 0.0268. The summed E-state index contributed by atoms with van der Waals surface area (Å²) >= 11 is 0. The highest BCUT2D eigenvalue weighted by Gasteiger charge is 2.27. The highest BCUT2D eigenvalue weighted by atomic mass is 19.1. The van der Waals surface area contributed by atoms with E-state index in [0.717, 1.165) is 19.4 Å². The summed E-state index contributed by atoms with van der Waals surface area (Å²) in [6, 6.07) is 5.71. The van der Waals surface area contributed by atoms with Gasteiger partial charge in [0.05, 0.1) is 12.7 Å². The number of β-amino-alcohol motifs (C(OH)–C–C–N with tert-alkyl or cyclic N) is 1. The molecule has 0 aromatic heterocycles. The Morgan fingerprint density at radius 3 is 2.86 bits per heavy atom. The summed E-state index contributed by atoms with van der Waals surface area (Å²) in [6.07, 6.45) is 1.24. The van der Waals surface area contributed by atoms with Crippen molar-refractivity contribution in [2.75, 3.05) is 33.4 Å². The van der Waals surface area contributed by atoms with Crippen LogP contribution < -0.4 is 0 Å². The Morgan fingerprint density at radius 1 is 1.48 bits per heavy atom. The van der Waals surface area contributed by atoms with E-state index in [9.17, 15) is 14.3 Å². The smallest absolute Gasteiger partial charge is 0.167 e. The second-order valence-electron chi connectivity index (χ2n) is 5.58. The number of carbonyl (C=O) groups excluding carboxylic acids is 1. The molecule has 1 aromatic rings. The van der Waals surface area contributed by atoms with Gasteiger partial charge in [-0.05, 0) is 43.7 Å². The van der Waals surface area contributed by atoms with Crippen LogP contribution in [-0.4, -0.2) is 55.2 Å². The summed E-state index contributed by atoms with van der Waals surface area (Å²) in [5, 5.41) is 9.78. The Bertz CT molecular complexity index is 463. The molecule has 21 heavy (non-hydrogen) atoms. The molecule has 1 aliphatic rings. The van der Waals surface area contributed by atoms with Crippen LogP contribution in [0.3, 0.4) is 0 Å². The van der Waals surface area contributed by atoms with Gasteiger partial charge >= 0.3 is 0 Å². The van der Waals surface area contributed by atoms with Gasteiger partial charge in [0, 0.05) is 31.7 Å². The monoisotopic (exact) mass is 295 g/mol. The van der Waals surface area contributed by atoms with E-state index >= 15 is 0 Å². The molecule has 1 aliphatic heterocycles. The third-order valence-corrected chi connectivity index (χ3v) is 3.83. The zero-order valence-electron chi connectivity index (χ0n) is 12.3. The van der Waals surface area contributed by atoms with Gasteiger partial charge in [0.1, 0.15) is 5.82 Å². The molecule has 1 fully saturated rings. The average Bonchev–Trinajstić information content (AvgIpc) is 2.48. The molecule has 1 saturated heterocycles. The number of halogens is 1. The molecule has 0 spiro atoms. The molecule has 0 amide bonds. The Labute approximate surface area is 124 Å². The normalized spacial score (nSPS) is 21.2. The fourth-order valence-corrected chi connectivity index (χ4v) is 2.83. The summed E-state index contributed by atoms with van der Waals surface area (Å²) in [5.41, 5.74) is 0.556. The quantitative estimate of drug-likeness (QED) is 0.812. The van der Waals surface area contributed by atoms with Gasteiger partial charge in [0.15, 0.2) is 5.78 Å². The second kappa shape index (κ2) is 7.64. The molecule has 0 bridgehead atoms. The maximum atomic E-state index is 12.9. The molecule has 2 atom stereocenters. The van der Waals surface area contributed by atoms with Crippen molar-refractivity contribution in [2.45, 2.75) is 18.9 Å². The molecule has 2 unspecified atom stereocenters. The van der Waals surface area contributed by atoms with E-state index in [1.54, 1.807) is 7.11 Å². The molecule has 4 nitrogen and oxygen atoms in total. The first-order valence-electron chi connectivity index (χ1n) is 7.29. The molecule has 0 aliphatic carbocycles. The molecule has 2 rings (SSSR count). The van der Waals surface area contributed by atoms with Gasteiger partial charge in [-0.15, -0.1) is 0 Å². The highest BCUT2D eigenvalue weighted by molar-refractivity contribution is 5.98. The first-order chi connectivity index (χ1) is 10.1. The Balaban J connectivity index is 1.94. The number of methoxy groups -OCH3 is 1. The molecule has 1 N–H and O–H groups in total. The van der Waals surface area contributed by atoms with Gasteiger partial charge in [0.2, 0.25) is 0 Å². The number of nitrogens with zero attached hydrogens (tertiary/aromatic N) is 1. The fraction of sp³-hybridized carbons (Fsp3) is 0.562. The maximum Gasteiger partial charge on any atom is 0.167 e. The van der Waals surface area contributed by atoms with Crippen LogP contribution in [0.4, 0.5) is 4.39 Å². The van der Waals surface area contributed by atoms with Crippen LogP contribution in [0.25, 0.3) is 0 Å². The van der Waals surface area contributed by atoms with Gasteiger partial charge in [-0.1, -0.05) is 0 Å². The van der Waals surface area contributed by atoms with Gasteiger partial charge < -0.3 is 9.84 Å². The zero-order valence-corrected chi connectivity index (χ0v) is 12.3. The van der Waals surface area contributed by atoms with Crippen LogP contribution in [0, 0.1) is 11.7 Å². The SMILES string of the molecule is COCC(O)CN1CCCC(C(=O)c2ccc(F)cc2)C1. The van der Waals surface area contributed by atoms with Crippen molar-refractivity contribution >= 4 is 5.78 Å². The number of hydrogen-bond acceptors (Lipinski definition) is 4. The van der Waals surface area contributed by atoms with Crippen LogP contribution in [0.15, 0.2) is 24.3 Å². The third-order valence-electron chi connectivity index (χ3n) is 3.83. The van der Waals surface area contributed by atoms with Crippen molar-refractivity contribution in [1.29, 1.82) is 0 Å². The topological polar surface area (TPSA) is 49.8 Å². The summed E-state index contributed by atoms with van der Waals surface area (Å²) < 4.78 is 17.8. The fourth-order valence-electron chi connectivity index (χ4n) is 2.83. The third kappa shape index (κ3) is 4.59. The lowest BCUT2D eigenvalue weighted by Crippen LogP contribution is -2.43. The van der Waals surface area contributed by atoms with Gasteiger partial charge in [-0.2, -0.15) is 0 Å². The minimum atomic E-state index is -0.533. The minimum Gasteiger partial charge on any atom is -0.389 e. The summed E-state index contributed by atoms with van der Waals surface area (Å²) in [5.74, 6) is -0.362. The molecule has 116 valence electrons. The molecular weight excluding hydrogens is 273 g/mol. The van der Waals surface area contributed by atoms with Crippen molar-refractivity contribution < 1.29 is 19.0 Å². The van der Waals surface area contributed by atoms with E-state index in [0.29, 0.717) is 25.3 Å². The lowest BCUT2D eigenvalue weighted by Gasteiger charge is -2.33. The molecular formula is C16H22FNO3. The second-order valence-corrected chi connectivity index (χ2v) is 5.58. The Kier molecular flexibility index (Phi) is 5.85. The number of Topliss-reactive ketones (excluding diaryl/α,β-unsaturated/α-hetero) is 1. The minimum absolute atomic E-state index is 0.0564. The molecule has 0 radical (unpaired) electrons. The van der Waals surface area contributed by atoms with E-state index < -0.39 is 6.10 Å².